The van der Waals surface area contributed by atoms with Crippen LogP contribution in [0.1, 0.15) is 33.1 Å². The molecule has 1 aliphatic rings. The molecule has 1 heterocycles. The Balaban J connectivity index is 2.35. The molecule has 0 amide bonds. The highest BCUT2D eigenvalue weighted by Gasteiger charge is 2.26. The number of rotatable bonds is 8. The molecule has 4 nitrogen and oxygen atoms in total. The van der Waals surface area contributed by atoms with Crippen molar-refractivity contribution in [1.29, 1.82) is 0 Å². The van der Waals surface area contributed by atoms with Gasteiger partial charge in [0, 0.05) is 32.3 Å². The second kappa shape index (κ2) is 8.86. The molecular weight excluding hydrogens is 228 g/mol. The van der Waals surface area contributed by atoms with Crippen LogP contribution in [0.4, 0.5) is 0 Å². The quantitative estimate of drug-likeness (QED) is 0.599. The van der Waals surface area contributed by atoms with Crippen LogP contribution >= 0.6 is 0 Å². The highest BCUT2D eigenvalue weighted by Crippen LogP contribution is 2.19. The van der Waals surface area contributed by atoms with Crippen LogP contribution in [0, 0.1) is 11.8 Å². The SMILES string of the molecule is CC(C)CCNC1CC(CCO)CN(CCO)C1. The zero-order valence-electron chi connectivity index (χ0n) is 11.9. The standard InChI is InChI=1S/C14H30N2O2/c1-12(2)3-5-15-14-9-13(4-7-17)10-16(11-14)6-8-18/h12-15,17-18H,3-11H2,1-2H3. The normalized spacial score (nSPS) is 25.8. The molecule has 1 fully saturated rings. The molecule has 0 bridgehead atoms. The molecule has 2 atom stereocenters. The summed E-state index contributed by atoms with van der Waals surface area (Å²) >= 11 is 0. The Bertz CT molecular complexity index is 198. The van der Waals surface area contributed by atoms with Crippen molar-refractivity contribution in [2.24, 2.45) is 11.8 Å². The topological polar surface area (TPSA) is 55.7 Å². The third-order valence-corrected chi connectivity index (χ3v) is 3.72. The van der Waals surface area contributed by atoms with E-state index in [1.807, 2.05) is 0 Å². The van der Waals surface area contributed by atoms with Gasteiger partial charge in [-0.15, -0.1) is 0 Å². The third-order valence-electron chi connectivity index (χ3n) is 3.72. The van der Waals surface area contributed by atoms with Crippen LogP contribution in [0.5, 0.6) is 0 Å². The molecule has 3 N–H and O–H groups in total. The van der Waals surface area contributed by atoms with Gasteiger partial charge < -0.3 is 15.5 Å². The van der Waals surface area contributed by atoms with Gasteiger partial charge in [-0.25, -0.2) is 0 Å². The molecule has 0 saturated carbocycles. The number of piperidine rings is 1. The maximum Gasteiger partial charge on any atom is 0.0558 e. The summed E-state index contributed by atoms with van der Waals surface area (Å²) in [5.41, 5.74) is 0. The van der Waals surface area contributed by atoms with E-state index in [1.54, 1.807) is 0 Å². The fourth-order valence-corrected chi connectivity index (χ4v) is 2.74. The number of hydrogen-bond donors (Lipinski definition) is 3. The Morgan fingerprint density at radius 3 is 2.61 bits per heavy atom. The molecule has 108 valence electrons. The Morgan fingerprint density at radius 2 is 2.00 bits per heavy atom. The Labute approximate surface area is 111 Å². The van der Waals surface area contributed by atoms with Crippen molar-refractivity contribution in [3.63, 3.8) is 0 Å². The van der Waals surface area contributed by atoms with E-state index in [1.165, 1.54) is 6.42 Å². The number of aliphatic hydroxyl groups is 2. The Hall–Kier alpha value is -0.160. The first-order valence-corrected chi connectivity index (χ1v) is 7.33. The van der Waals surface area contributed by atoms with Crippen LogP contribution in [0.15, 0.2) is 0 Å². The highest BCUT2D eigenvalue weighted by atomic mass is 16.3. The minimum atomic E-state index is 0.227. The van der Waals surface area contributed by atoms with Gasteiger partial charge in [0.1, 0.15) is 0 Å². The van der Waals surface area contributed by atoms with Gasteiger partial charge in [-0.05, 0) is 37.6 Å². The summed E-state index contributed by atoms with van der Waals surface area (Å²) in [6.07, 6.45) is 3.24. The number of likely N-dealkylation sites (tertiary alicyclic amines) is 1. The van der Waals surface area contributed by atoms with Crippen molar-refractivity contribution in [2.45, 2.75) is 39.2 Å². The Kier molecular flexibility index (Phi) is 7.82. The van der Waals surface area contributed by atoms with Gasteiger partial charge in [0.05, 0.1) is 6.61 Å². The average molecular weight is 258 g/mol. The predicted molar refractivity (Wildman–Crippen MR) is 74.6 cm³/mol. The van der Waals surface area contributed by atoms with E-state index in [0.717, 1.165) is 44.9 Å². The van der Waals surface area contributed by atoms with Crippen molar-refractivity contribution < 1.29 is 10.2 Å². The lowest BCUT2D eigenvalue weighted by Gasteiger charge is -2.38. The lowest BCUT2D eigenvalue weighted by molar-refractivity contribution is 0.102. The Morgan fingerprint density at radius 1 is 1.22 bits per heavy atom. The van der Waals surface area contributed by atoms with Gasteiger partial charge in [0.15, 0.2) is 0 Å². The fraction of sp³-hybridized carbons (Fsp3) is 1.00. The lowest BCUT2D eigenvalue weighted by atomic mass is 9.91. The molecule has 1 aliphatic heterocycles. The third kappa shape index (κ3) is 6.14. The zero-order valence-corrected chi connectivity index (χ0v) is 11.9. The highest BCUT2D eigenvalue weighted by molar-refractivity contribution is 4.83. The summed E-state index contributed by atoms with van der Waals surface area (Å²) in [5.74, 6) is 1.30. The molecule has 0 aromatic heterocycles. The van der Waals surface area contributed by atoms with Gasteiger partial charge in [-0.2, -0.15) is 0 Å². The minimum Gasteiger partial charge on any atom is -0.396 e. The number of nitrogens with zero attached hydrogens (tertiary/aromatic N) is 1. The summed E-state index contributed by atoms with van der Waals surface area (Å²) < 4.78 is 0. The zero-order chi connectivity index (χ0) is 13.4. The van der Waals surface area contributed by atoms with E-state index in [0.29, 0.717) is 12.0 Å². The van der Waals surface area contributed by atoms with Gasteiger partial charge in [0.2, 0.25) is 0 Å². The molecule has 4 heteroatoms. The van der Waals surface area contributed by atoms with Gasteiger partial charge in [0.25, 0.3) is 0 Å². The van der Waals surface area contributed by atoms with E-state index in [-0.39, 0.29) is 13.2 Å². The number of nitrogens with one attached hydrogen (secondary N) is 1. The molecule has 0 aromatic carbocycles. The second-order valence-corrected chi connectivity index (χ2v) is 5.93. The molecule has 18 heavy (non-hydrogen) atoms. The van der Waals surface area contributed by atoms with Crippen molar-refractivity contribution >= 4 is 0 Å². The summed E-state index contributed by atoms with van der Waals surface area (Å²) in [6.45, 7) is 8.86. The van der Waals surface area contributed by atoms with Crippen LogP contribution in [0.3, 0.4) is 0 Å². The molecule has 1 saturated heterocycles. The molecule has 1 rings (SSSR count). The second-order valence-electron chi connectivity index (χ2n) is 5.93. The first-order valence-electron chi connectivity index (χ1n) is 7.33. The van der Waals surface area contributed by atoms with Crippen molar-refractivity contribution in [3.8, 4) is 0 Å². The van der Waals surface area contributed by atoms with Crippen molar-refractivity contribution in [3.05, 3.63) is 0 Å². The first kappa shape index (κ1) is 15.9. The molecule has 2 unspecified atom stereocenters. The van der Waals surface area contributed by atoms with E-state index in [2.05, 4.69) is 24.1 Å². The first-order chi connectivity index (χ1) is 8.65. The largest absolute Gasteiger partial charge is 0.396 e. The van der Waals surface area contributed by atoms with E-state index in [4.69, 9.17) is 10.2 Å². The number of aliphatic hydroxyl groups excluding tert-OH is 2. The summed E-state index contributed by atoms with van der Waals surface area (Å²) in [7, 11) is 0. The van der Waals surface area contributed by atoms with Gasteiger partial charge >= 0.3 is 0 Å². The smallest absolute Gasteiger partial charge is 0.0558 e. The molecule has 0 radical (unpaired) electrons. The summed E-state index contributed by atoms with van der Waals surface area (Å²) in [4.78, 5) is 2.32. The van der Waals surface area contributed by atoms with Gasteiger partial charge in [-0.3, -0.25) is 4.90 Å². The van der Waals surface area contributed by atoms with Crippen LogP contribution in [-0.2, 0) is 0 Å². The molecule has 0 spiro atoms. The predicted octanol–water partition coefficient (Wildman–Crippen LogP) is 0.687. The number of β-amino-alcohol motifs (C(OH)–C–C–N with tert-alkyl or cyclic N) is 1. The van der Waals surface area contributed by atoms with Crippen LogP contribution < -0.4 is 5.32 Å². The van der Waals surface area contributed by atoms with Crippen LogP contribution in [0.25, 0.3) is 0 Å². The lowest BCUT2D eigenvalue weighted by Crippen LogP contribution is -2.50. The van der Waals surface area contributed by atoms with E-state index < -0.39 is 0 Å². The molecule has 0 aromatic rings. The summed E-state index contributed by atoms with van der Waals surface area (Å²) in [6, 6.07) is 0.514. The fourth-order valence-electron chi connectivity index (χ4n) is 2.74. The van der Waals surface area contributed by atoms with E-state index >= 15 is 0 Å². The average Bonchev–Trinajstić information content (AvgIpc) is 2.29. The minimum absolute atomic E-state index is 0.227. The maximum atomic E-state index is 9.08. The molecular formula is C14H30N2O2. The summed E-state index contributed by atoms with van der Waals surface area (Å²) in [5, 5.41) is 21.8. The van der Waals surface area contributed by atoms with Crippen LogP contribution in [0.2, 0.25) is 0 Å². The van der Waals surface area contributed by atoms with Crippen molar-refractivity contribution in [2.75, 3.05) is 39.4 Å². The van der Waals surface area contributed by atoms with Crippen LogP contribution in [-0.4, -0.2) is 60.5 Å². The number of hydrogen-bond acceptors (Lipinski definition) is 4. The van der Waals surface area contributed by atoms with E-state index in [9.17, 15) is 0 Å². The monoisotopic (exact) mass is 258 g/mol. The maximum absolute atomic E-state index is 9.08. The van der Waals surface area contributed by atoms with Gasteiger partial charge in [-0.1, -0.05) is 13.8 Å². The van der Waals surface area contributed by atoms with Crippen molar-refractivity contribution in [1.82, 2.24) is 10.2 Å². The molecule has 0 aliphatic carbocycles.